The molecule has 0 aromatic heterocycles. The highest BCUT2D eigenvalue weighted by Gasteiger charge is 2.48. The molecule has 1 fully saturated rings. The van der Waals surface area contributed by atoms with Crippen molar-refractivity contribution in [2.75, 3.05) is 0 Å². The van der Waals surface area contributed by atoms with Gasteiger partial charge in [-0.05, 0) is 53.8 Å². The highest BCUT2D eigenvalue weighted by atomic mass is 14.5. The van der Waals surface area contributed by atoms with Gasteiger partial charge in [0.2, 0.25) is 0 Å². The lowest BCUT2D eigenvalue weighted by atomic mass is 9.66. The van der Waals surface area contributed by atoms with Gasteiger partial charge in [0.25, 0.3) is 0 Å². The molecule has 0 bridgehead atoms. The van der Waals surface area contributed by atoms with Crippen LogP contribution in [0.25, 0.3) is 0 Å². The summed E-state index contributed by atoms with van der Waals surface area (Å²) in [4.78, 5) is 0. The lowest BCUT2D eigenvalue weighted by Crippen LogP contribution is -2.32. The van der Waals surface area contributed by atoms with E-state index in [4.69, 9.17) is 0 Å². The van der Waals surface area contributed by atoms with Gasteiger partial charge in [0.1, 0.15) is 0 Å². The van der Waals surface area contributed by atoms with Crippen LogP contribution >= 0.6 is 0 Å². The summed E-state index contributed by atoms with van der Waals surface area (Å²) in [5, 5.41) is 0. The average molecular weight is 295 g/mol. The third kappa shape index (κ3) is 5.61. The first-order valence-corrected chi connectivity index (χ1v) is 9.70. The van der Waals surface area contributed by atoms with Gasteiger partial charge in [-0.1, -0.05) is 81.1 Å². The van der Waals surface area contributed by atoms with E-state index in [0.29, 0.717) is 5.41 Å². The summed E-state index contributed by atoms with van der Waals surface area (Å²) in [6, 6.07) is 0. The Morgan fingerprint density at radius 1 is 1.05 bits per heavy atom. The predicted octanol–water partition coefficient (Wildman–Crippen LogP) is 7.18. The summed E-state index contributed by atoms with van der Waals surface area (Å²) in [7, 11) is 0. The van der Waals surface area contributed by atoms with E-state index >= 15 is 0 Å². The van der Waals surface area contributed by atoms with Crippen LogP contribution in [0.15, 0.2) is 0 Å². The van der Waals surface area contributed by atoms with E-state index in [2.05, 4.69) is 55.4 Å². The molecule has 1 saturated carbocycles. The monoisotopic (exact) mass is 294 g/mol. The normalized spacial score (nSPS) is 26.7. The van der Waals surface area contributed by atoms with Gasteiger partial charge in [-0.3, -0.25) is 0 Å². The van der Waals surface area contributed by atoms with Crippen molar-refractivity contribution < 1.29 is 0 Å². The molecule has 0 N–H and O–H groups in total. The van der Waals surface area contributed by atoms with Gasteiger partial charge >= 0.3 is 0 Å². The fourth-order valence-electron chi connectivity index (χ4n) is 5.09. The number of rotatable bonds is 10. The lowest BCUT2D eigenvalue weighted by Gasteiger charge is -2.39. The van der Waals surface area contributed by atoms with Crippen LogP contribution in [0.5, 0.6) is 0 Å². The molecule has 5 unspecified atom stereocenters. The molecule has 1 aliphatic rings. The second kappa shape index (κ2) is 8.02. The molecule has 1 aliphatic carbocycles. The number of hydrogen-bond acceptors (Lipinski definition) is 0. The van der Waals surface area contributed by atoms with Crippen molar-refractivity contribution >= 4 is 0 Å². The molecule has 0 radical (unpaired) electrons. The Kier molecular flexibility index (Phi) is 7.28. The summed E-state index contributed by atoms with van der Waals surface area (Å²) >= 11 is 0. The zero-order chi connectivity index (χ0) is 16.2. The summed E-state index contributed by atoms with van der Waals surface area (Å²) in [5.74, 6) is 5.52. The maximum Gasteiger partial charge on any atom is -0.0293 e. The van der Waals surface area contributed by atoms with E-state index in [1.165, 1.54) is 38.5 Å². The largest absolute Gasteiger partial charge is 0.0651 e. The van der Waals surface area contributed by atoms with E-state index in [1.807, 2.05) is 0 Å². The maximum atomic E-state index is 2.55. The van der Waals surface area contributed by atoms with Gasteiger partial charge in [-0.25, -0.2) is 0 Å². The Labute approximate surface area is 135 Å². The summed E-state index contributed by atoms with van der Waals surface area (Å²) in [6.45, 7) is 19.7. The van der Waals surface area contributed by atoms with Crippen LogP contribution in [0.1, 0.15) is 93.9 Å². The summed E-state index contributed by atoms with van der Waals surface area (Å²) in [6.07, 6.45) is 8.52. The molecule has 1 rings (SSSR count). The van der Waals surface area contributed by atoms with E-state index in [9.17, 15) is 0 Å². The third-order valence-electron chi connectivity index (χ3n) is 6.40. The van der Waals surface area contributed by atoms with Crippen molar-refractivity contribution in [3.63, 3.8) is 0 Å². The molecular formula is C21H42. The molecule has 5 atom stereocenters. The molecule has 0 heteroatoms. The average Bonchev–Trinajstić information content (AvgIpc) is 3.07. The van der Waals surface area contributed by atoms with Gasteiger partial charge in [0.15, 0.2) is 0 Å². The molecule has 21 heavy (non-hydrogen) atoms. The van der Waals surface area contributed by atoms with Crippen molar-refractivity contribution in [3.05, 3.63) is 0 Å². The Balaban J connectivity index is 2.45. The molecule has 0 saturated heterocycles. The zero-order valence-electron chi connectivity index (χ0n) is 16.2. The highest BCUT2D eigenvalue weighted by molar-refractivity contribution is 4.98. The van der Waals surface area contributed by atoms with Crippen molar-refractivity contribution in [1.82, 2.24) is 0 Å². The molecule has 0 aromatic rings. The van der Waals surface area contributed by atoms with Crippen LogP contribution in [0, 0.1) is 40.9 Å². The quantitative estimate of drug-likeness (QED) is 0.400. The third-order valence-corrected chi connectivity index (χ3v) is 6.40. The SMILES string of the molecule is CCC(C(C)CC(C)CCCC(C)C)C(C)(C)C1CC1C. The van der Waals surface area contributed by atoms with Crippen molar-refractivity contribution in [3.8, 4) is 0 Å². The van der Waals surface area contributed by atoms with Crippen LogP contribution in [-0.4, -0.2) is 0 Å². The molecule has 0 amide bonds. The van der Waals surface area contributed by atoms with Crippen LogP contribution in [0.3, 0.4) is 0 Å². The minimum atomic E-state index is 0.547. The van der Waals surface area contributed by atoms with Crippen molar-refractivity contribution in [2.24, 2.45) is 40.9 Å². The lowest BCUT2D eigenvalue weighted by molar-refractivity contribution is 0.0953. The van der Waals surface area contributed by atoms with E-state index < -0.39 is 0 Å². The topological polar surface area (TPSA) is 0 Å². The Hall–Kier alpha value is 0. The van der Waals surface area contributed by atoms with Crippen molar-refractivity contribution in [2.45, 2.75) is 93.9 Å². The second-order valence-corrected chi connectivity index (χ2v) is 9.30. The minimum Gasteiger partial charge on any atom is -0.0651 e. The van der Waals surface area contributed by atoms with E-state index in [0.717, 1.165) is 35.5 Å². The Morgan fingerprint density at radius 2 is 1.62 bits per heavy atom. The summed E-state index contributed by atoms with van der Waals surface area (Å²) in [5.41, 5.74) is 0.547. The van der Waals surface area contributed by atoms with E-state index in [1.54, 1.807) is 0 Å². The fraction of sp³-hybridized carbons (Fsp3) is 1.00. The molecule has 0 nitrogen and oxygen atoms in total. The molecule has 0 heterocycles. The molecule has 0 aliphatic heterocycles. The maximum absolute atomic E-state index is 2.55. The van der Waals surface area contributed by atoms with Gasteiger partial charge in [0, 0.05) is 0 Å². The minimum absolute atomic E-state index is 0.547. The molecular weight excluding hydrogens is 252 g/mol. The predicted molar refractivity (Wildman–Crippen MR) is 96.5 cm³/mol. The first-order chi connectivity index (χ1) is 9.70. The highest BCUT2D eigenvalue weighted by Crippen LogP contribution is 2.56. The smallest absolute Gasteiger partial charge is 0.0293 e. The van der Waals surface area contributed by atoms with Crippen LogP contribution < -0.4 is 0 Å². The van der Waals surface area contributed by atoms with Gasteiger partial charge in [0.05, 0.1) is 0 Å². The van der Waals surface area contributed by atoms with Crippen LogP contribution in [0.4, 0.5) is 0 Å². The first kappa shape index (κ1) is 19.0. The van der Waals surface area contributed by atoms with Crippen LogP contribution in [0.2, 0.25) is 0 Å². The number of hydrogen-bond donors (Lipinski definition) is 0. The molecule has 0 spiro atoms. The van der Waals surface area contributed by atoms with Gasteiger partial charge < -0.3 is 0 Å². The Morgan fingerprint density at radius 3 is 2.05 bits per heavy atom. The van der Waals surface area contributed by atoms with Crippen LogP contribution in [-0.2, 0) is 0 Å². The first-order valence-electron chi connectivity index (χ1n) is 9.70. The standard InChI is InChI=1S/C21H42/c1-9-19(21(7,8)20-14-18(20)6)17(5)13-16(4)12-10-11-15(2)3/h15-20H,9-14H2,1-8H3. The molecule has 126 valence electrons. The van der Waals surface area contributed by atoms with E-state index in [-0.39, 0.29) is 0 Å². The Bertz CT molecular complexity index is 288. The fourth-order valence-corrected chi connectivity index (χ4v) is 5.09. The summed E-state index contributed by atoms with van der Waals surface area (Å²) < 4.78 is 0. The van der Waals surface area contributed by atoms with Gasteiger partial charge in [-0.2, -0.15) is 0 Å². The van der Waals surface area contributed by atoms with Crippen molar-refractivity contribution in [1.29, 1.82) is 0 Å². The zero-order valence-corrected chi connectivity index (χ0v) is 16.2. The van der Waals surface area contributed by atoms with Gasteiger partial charge in [-0.15, -0.1) is 0 Å². The second-order valence-electron chi connectivity index (χ2n) is 9.30. The molecule has 0 aromatic carbocycles.